The van der Waals surface area contributed by atoms with Crippen LogP contribution in [0.25, 0.3) is 0 Å². The predicted molar refractivity (Wildman–Crippen MR) is 77.1 cm³/mol. The van der Waals surface area contributed by atoms with Gasteiger partial charge in [-0.15, -0.1) is 0 Å². The standard InChI is InChI=1S/C12H15FN4O.C2HF3O2/c1-8-6-17(11-15-4-9(13)5-16-11)7-12(8)2-3-14-10(12)18;3-2(4,5)1(6)7/h4-5,8H,2-3,6-7H2,1H3,(H,14,18);(H,6,7)/t8-,12-;/m1./s1. The van der Waals surface area contributed by atoms with E-state index in [4.69, 9.17) is 9.90 Å². The van der Waals surface area contributed by atoms with Crippen LogP contribution in [0.1, 0.15) is 13.3 Å². The molecular formula is C14H16F4N4O3. The first-order valence-electron chi connectivity index (χ1n) is 7.37. The van der Waals surface area contributed by atoms with Crippen LogP contribution in [-0.2, 0) is 9.59 Å². The molecular weight excluding hydrogens is 348 g/mol. The summed E-state index contributed by atoms with van der Waals surface area (Å²) < 4.78 is 44.5. The van der Waals surface area contributed by atoms with Crippen LogP contribution in [0.4, 0.5) is 23.5 Å². The van der Waals surface area contributed by atoms with Gasteiger partial charge in [0.1, 0.15) is 0 Å². The van der Waals surface area contributed by atoms with Crippen molar-refractivity contribution in [2.75, 3.05) is 24.5 Å². The van der Waals surface area contributed by atoms with E-state index in [1.807, 2.05) is 4.90 Å². The lowest BCUT2D eigenvalue weighted by Crippen LogP contribution is -2.37. The van der Waals surface area contributed by atoms with Crippen molar-refractivity contribution in [1.29, 1.82) is 0 Å². The average Bonchev–Trinajstić information content (AvgIpc) is 3.05. The van der Waals surface area contributed by atoms with Crippen LogP contribution < -0.4 is 10.2 Å². The zero-order valence-electron chi connectivity index (χ0n) is 13.2. The number of carboxylic acids is 1. The number of hydrogen-bond acceptors (Lipinski definition) is 5. The Labute approximate surface area is 140 Å². The molecule has 11 heteroatoms. The van der Waals surface area contributed by atoms with Crippen molar-refractivity contribution in [3.05, 3.63) is 18.2 Å². The Morgan fingerprint density at radius 1 is 1.40 bits per heavy atom. The molecule has 1 amide bonds. The van der Waals surface area contributed by atoms with Crippen molar-refractivity contribution in [3.8, 4) is 0 Å². The van der Waals surface area contributed by atoms with E-state index in [1.165, 1.54) is 0 Å². The number of alkyl halides is 3. The molecule has 0 aromatic carbocycles. The van der Waals surface area contributed by atoms with Crippen molar-refractivity contribution >= 4 is 17.8 Å². The lowest BCUT2D eigenvalue weighted by Gasteiger charge is -2.23. The molecule has 0 saturated carbocycles. The molecule has 0 radical (unpaired) electrons. The molecule has 0 bridgehead atoms. The molecule has 138 valence electrons. The summed E-state index contributed by atoms with van der Waals surface area (Å²) in [7, 11) is 0. The van der Waals surface area contributed by atoms with Crippen LogP contribution in [0.15, 0.2) is 12.4 Å². The van der Waals surface area contributed by atoms with Gasteiger partial charge >= 0.3 is 12.1 Å². The second kappa shape index (κ2) is 6.81. The molecule has 3 heterocycles. The number of amides is 1. The number of carbonyl (C=O) groups is 2. The van der Waals surface area contributed by atoms with Crippen molar-refractivity contribution in [2.24, 2.45) is 11.3 Å². The summed E-state index contributed by atoms with van der Waals surface area (Å²) in [5, 5.41) is 10.0. The molecule has 2 saturated heterocycles. The van der Waals surface area contributed by atoms with E-state index in [-0.39, 0.29) is 17.2 Å². The van der Waals surface area contributed by atoms with Crippen LogP contribution in [-0.4, -0.2) is 52.8 Å². The Hall–Kier alpha value is -2.46. The quantitative estimate of drug-likeness (QED) is 0.728. The Bertz CT molecular complexity index is 652. The highest BCUT2D eigenvalue weighted by molar-refractivity contribution is 5.86. The molecule has 1 aromatic heterocycles. The average molecular weight is 364 g/mol. The summed E-state index contributed by atoms with van der Waals surface area (Å²) in [4.78, 5) is 30.8. The summed E-state index contributed by atoms with van der Waals surface area (Å²) in [6, 6.07) is 0. The number of nitrogens with one attached hydrogen (secondary N) is 1. The van der Waals surface area contributed by atoms with E-state index >= 15 is 0 Å². The lowest BCUT2D eigenvalue weighted by atomic mass is 9.78. The number of nitrogens with zero attached hydrogens (tertiary/aromatic N) is 3. The number of halogens is 4. The Morgan fingerprint density at radius 3 is 2.40 bits per heavy atom. The molecule has 7 nitrogen and oxygen atoms in total. The highest BCUT2D eigenvalue weighted by Crippen LogP contribution is 2.42. The van der Waals surface area contributed by atoms with Gasteiger partial charge in [-0.2, -0.15) is 13.2 Å². The summed E-state index contributed by atoms with van der Waals surface area (Å²) in [6.45, 7) is 4.17. The van der Waals surface area contributed by atoms with Gasteiger partial charge in [0.2, 0.25) is 11.9 Å². The number of anilines is 1. The van der Waals surface area contributed by atoms with Gasteiger partial charge in [-0.25, -0.2) is 19.2 Å². The first-order chi connectivity index (χ1) is 11.6. The van der Waals surface area contributed by atoms with E-state index < -0.39 is 18.0 Å². The largest absolute Gasteiger partial charge is 0.490 e. The van der Waals surface area contributed by atoms with Gasteiger partial charge in [0.05, 0.1) is 17.8 Å². The first-order valence-corrected chi connectivity index (χ1v) is 7.37. The van der Waals surface area contributed by atoms with E-state index in [0.717, 1.165) is 31.9 Å². The van der Waals surface area contributed by atoms with E-state index in [0.29, 0.717) is 12.5 Å². The second-order valence-corrected chi connectivity index (χ2v) is 5.95. The van der Waals surface area contributed by atoms with Crippen LogP contribution in [0.2, 0.25) is 0 Å². The third-order valence-corrected chi connectivity index (χ3v) is 4.35. The normalized spacial score (nSPS) is 25.6. The lowest BCUT2D eigenvalue weighted by molar-refractivity contribution is -0.192. The number of hydrogen-bond donors (Lipinski definition) is 2. The van der Waals surface area contributed by atoms with Crippen LogP contribution >= 0.6 is 0 Å². The minimum atomic E-state index is -5.08. The van der Waals surface area contributed by atoms with Crippen molar-refractivity contribution in [2.45, 2.75) is 19.5 Å². The highest BCUT2D eigenvalue weighted by Gasteiger charge is 2.52. The zero-order valence-corrected chi connectivity index (χ0v) is 13.2. The number of rotatable bonds is 1. The third-order valence-electron chi connectivity index (χ3n) is 4.35. The van der Waals surface area contributed by atoms with Gasteiger partial charge in [-0.1, -0.05) is 6.92 Å². The Kier molecular flexibility index (Phi) is 5.14. The maximum atomic E-state index is 12.8. The fourth-order valence-corrected chi connectivity index (χ4v) is 3.00. The number of carboxylic acid groups (broad SMARTS) is 1. The molecule has 2 aliphatic rings. The third kappa shape index (κ3) is 3.97. The fourth-order valence-electron chi connectivity index (χ4n) is 3.00. The fraction of sp³-hybridized carbons (Fsp3) is 0.571. The van der Waals surface area contributed by atoms with Crippen molar-refractivity contribution in [3.63, 3.8) is 0 Å². The van der Waals surface area contributed by atoms with E-state index in [2.05, 4.69) is 22.2 Å². The molecule has 0 unspecified atom stereocenters. The van der Waals surface area contributed by atoms with Crippen molar-refractivity contribution < 1.29 is 32.3 Å². The van der Waals surface area contributed by atoms with Crippen LogP contribution in [0.5, 0.6) is 0 Å². The summed E-state index contributed by atoms with van der Waals surface area (Å²) in [5.41, 5.74) is -0.322. The molecule has 1 spiro atoms. The van der Waals surface area contributed by atoms with Gasteiger partial charge < -0.3 is 15.3 Å². The molecule has 0 aliphatic carbocycles. The van der Waals surface area contributed by atoms with Gasteiger partial charge in [0.25, 0.3) is 0 Å². The first kappa shape index (κ1) is 18.9. The smallest absolute Gasteiger partial charge is 0.475 e. The molecule has 2 atom stereocenters. The molecule has 2 aliphatic heterocycles. The van der Waals surface area contributed by atoms with Crippen molar-refractivity contribution in [1.82, 2.24) is 15.3 Å². The zero-order chi connectivity index (χ0) is 18.8. The molecule has 1 aromatic rings. The number of aromatic nitrogens is 2. The maximum Gasteiger partial charge on any atom is 0.490 e. The van der Waals surface area contributed by atoms with Crippen LogP contribution in [0.3, 0.4) is 0 Å². The number of carbonyl (C=O) groups excluding carboxylic acids is 1. The van der Waals surface area contributed by atoms with Gasteiger partial charge in [0, 0.05) is 19.6 Å². The minimum Gasteiger partial charge on any atom is -0.475 e. The van der Waals surface area contributed by atoms with Gasteiger partial charge in [-0.3, -0.25) is 4.79 Å². The van der Waals surface area contributed by atoms with Gasteiger partial charge in [-0.05, 0) is 12.3 Å². The second-order valence-electron chi connectivity index (χ2n) is 5.95. The number of aliphatic carboxylic acids is 1. The monoisotopic (exact) mass is 364 g/mol. The van der Waals surface area contributed by atoms with E-state index in [1.54, 1.807) is 0 Å². The Morgan fingerprint density at radius 2 is 1.96 bits per heavy atom. The summed E-state index contributed by atoms with van der Waals surface area (Å²) >= 11 is 0. The molecule has 25 heavy (non-hydrogen) atoms. The SMILES string of the molecule is C[C@@H]1CN(c2ncc(F)cn2)C[C@]12CCNC2=O.O=C(O)C(F)(F)F. The molecule has 3 rings (SSSR count). The molecule has 2 N–H and O–H groups in total. The molecule has 2 fully saturated rings. The maximum absolute atomic E-state index is 12.8. The Balaban J connectivity index is 0.000000277. The highest BCUT2D eigenvalue weighted by atomic mass is 19.4. The van der Waals surface area contributed by atoms with Crippen LogP contribution in [0, 0.1) is 17.2 Å². The minimum absolute atomic E-state index is 0.125. The van der Waals surface area contributed by atoms with E-state index in [9.17, 15) is 22.4 Å². The van der Waals surface area contributed by atoms with Gasteiger partial charge in [0.15, 0.2) is 5.82 Å². The topological polar surface area (TPSA) is 95.4 Å². The summed E-state index contributed by atoms with van der Waals surface area (Å²) in [6.07, 6.45) is -1.91. The predicted octanol–water partition coefficient (Wildman–Crippen LogP) is 1.21. The summed E-state index contributed by atoms with van der Waals surface area (Å²) in [5.74, 6) is -2.32.